The van der Waals surface area contributed by atoms with Crippen LogP contribution in [0.5, 0.6) is 0 Å². The number of esters is 3. The third-order valence-corrected chi connectivity index (χ3v) is 13.2. The van der Waals surface area contributed by atoms with Crippen LogP contribution in [0.1, 0.15) is 303 Å². The first-order valence-corrected chi connectivity index (χ1v) is 30.4. The largest absolute Gasteiger partial charge is 0.462 e. The average Bonchev–Trinajstić information content (AvgIpc) is 3.37. The lowest BCUT2D eigenvalue weighted by atomic mass is 10.1. The smallest absolute Gasteiger partial charge is 0.306 e. The van der Waals surface area contributed by atoms with Crippen molar-refractivity contribution >= 4 is 17.9 Å². The highest BCUT2D eigenvalue weighted by Crippen LogP contribution is 2.15. The third kappa shape index (κ3) is 57.6. The molecule has 0 unspecified atom stereocenters. The van der Waals surface area contributed by atoms with Gasteiger partial charge in [0.15, 0.2) is 6.10 Å². The van der Waals surface area contributed by atoms with E-state index in [2.05, 4.69) is 93.7 Å². The molecule has 0 aliphatic carbocycles. The van der Waals surface area contributed by atoms with Gasteiger partial charge >= 0.3 is 17.9 Å². The Hall–Kier alpha value is -3.15. The molecule has 0 saturated carbocycles. The third-order valence-electron chi connectivity index (χ3n) is 13.2. The second-order valence-electron chi connectivity index (χ2n) is 20.2. The first-order valence-electron chi connectivity index (χ1n) is 30.4. The molecular weight excluding hydrogens is 877 g/mol. The fraction of sp³-hybridized carbons (Fsp3) is 0.769. The van der Waals surface area contributed by atoms with Gasteiger partial charge in [0.1, 0.15) is 13.2 Å². The van der Waals surface area contributed by atoms with Crippen LogP contribution >= 0.6 is 0 Å². The normalized spacial score (nSPS) is 12.5. The molecule has 0 aromatic rings. The summed E-state index contributed by atoms with van der Waals surface area (Å²) in [4.78, 5) is 38.3. The Kier molecular flexibility index (Phi) is 56.8. The lowest BCUT2D eigenvalue weighted by Gasteiger charge is -2.18. The molecule has 6 nitrogen and oxygen atoms in total. The van der Waals surface area contributed by atoms with Crippen molar-refractivity contribution < 1.29 is 28.6 Å². The molecule has 0 aromatic carbocycles. The number of hydrogen-bond acceptors (Lipinski definition) is 6. The Labute approximate surface area is 440 Å². The molecule has 0 spiro atoms. The van der Waals surface area contributed by atoms with Gasteiger partial charge in [-0.2, -0.15) is 0 Å². The minimum atomic E-state index is -0.786. The van der Waals surface area contributed by atoms with Gasteiger partial charge in [0.2, 0.25) is 0 Å². The van der Waals surface area contributed by atoms with E-state index in [0.29, 0.717) is 19.3 Å². The molecule has 0 rings (SSSR count). The average molecular weight is 992 g/mol. The van der Waals surface area contributed by atoms with Crippen LogP contribution in [0.4, 0.5) is 0 Å². The highest BCUT2D eigenvalue weighted by Gasteiger charge is 2.19. The van der Waals surface area contributed by atoms with Crippen LogP contribution in [0.15, 0.2) is 72.9 Å². The van der Waals surface area contributed by atoms with Gasteiger partial charge in [0.05, 0.1) is 0 Å². The lowest BCUT2D eigenvalue weighted by Crippen LogP contribution is -2.30. The molecule has 6 heteroatoms. The van der Waals surface area contributed by atoms with Crippen LogP contribution in [-0.2, 0) is 28.6 Å². The Morgan fingerprint density at radius 3 is 0.775 bits per heavy atom. The lowest BCUT2D eigenvalue weighted by molar-refractivity contribution is -0.167. The predicted octanol–water partition coefficient (Wildman–Crippen LogP) is 20.5. The molecule has 0 aliphatic heterocycles. The topological polar surface area (TPSA) is 78.9 Å². The minimum absolute atomic E-state index is 0.0826. The van der Waals surface area contributed by atoms with Gasteiger partial charge in [0.25, 0.3) is 0 Å². The van der Waals surface area contributed by atoms with Gasteiger partial charge in [0, 0.05) is 19.3 Å². The Morgan fingerprint density at radius 2 is 0.507 bits per heavy atom. The number of ether oxygens (including phenoxy) is 3. The number of carbonyl (C=O) groups excluding carboxylic acids is 3. The van der Waals surface area contributed by atoms with Crippen LogP contribution in [0.25, 0.3) is 0 Å². The first kappa shape index (κ1) is 67.8. The number of unbranched alkanes of at least 4 members (excludes halogenated alkanes) is 32. The summed E-state index contributed by atoms with van der Waals surface area (Å²) in [6.07, 6.45) is 76.0. The molecule has 0 radical (unpaired) electrons. The van der Waals surface area contributed by atoms with Gasteiger partial charge in [-0.15, -0.1) is 0 Å². The zero-order valence-corrected chi connectivity index (χ0v) is 47.0. The van der Waals surface area contributed by atoms with Crippen LogP contribution in [-0.4, -0.2) is 37.2 Å². The van der Waals surface area contributed by atoms with E-state index in [4.69, 9.17) is 14.2 Å². The maximum atomic E-state index is 12.9. The van der Waals surface area contributed by atoms with Crippen molar-refractivity contribution in [1.82, 2.24) is 0 Å². The quantitative estimate of drug-likeness (QED) is 0.0261. The summed E-state index contributed by atoms with van der Waals surface area (Å²) in [5.74, 6) is -0.891. The maximum absolute atomic E-state index is 12.9. The van der Waals surface area contributed by atoms with Crippen molar-refractivity contribution in [2.75, 3.05) is 13.2 Å². The van der Waals surface area contributed by atoms with E-state index in [-0.39, 0.29) is 31.1 Å². The molecule has 0 amide bonds. The predicted molar refractivity (Wildman–Crippen MR) is 307 cm³/mol. The van der Waals surface area contributed by atoms with Crippen molar-refractivity contribution in [3.05, 3.63) is 72.9 Å². The molecule has 71 heavy (non-hydrogen) atoms. The summed E-state index contributed by atoms with van der Waals surface area (Å²) >= 11 is 0. The van der Waals surface area contributed by atoms with E-state index in [1.54, 1.807) is 0 Å². The molecule has 0 heterocycles. The molecule has 1 atom stereocenters. The summed E-state index contributed by atoms with van der Waals surface area (Å²) in [6, 6.07) is 0. The fourth-order valence-electron chi connectivity index (χ4n) is 8.53. The summed E-state index contributed by atoms with van der Waals surface area (Å²) in [6.45, 7) is 6.58. The van der Waals surface area contributed by atoms with Gasteiger partial charge in [-0.25, -0.2) is 0 Å². The first-order chi connectivity index (χ1) is 35.0. The van der Waals surface area contributed by atoms with Crippen LogP contribution in [0, 0.1) is 0 Å². The van der Waals surface area contributed by atoms with Crippen molar-refractivity contribution in [3.8, 4) is 0 Å². The van der Waals surface area contributed by atoms with Crippen molar-refractivity contribution in [1.29, 1.82) is 0 Å². The van der Waals surface area contributed by atoms with Crippen LogP contribution < -0.4 is 0 Å². The SMILES string of the molecule is CCCCC/C=C/C/C=C/CCCCCCCCCCCC(=O)OC[C@@H](COC(=O)CCCCCCCCC/C=C/C/C=C/CCCCC)OC(=O)CCCCCCCCC/C=C/C/C=C/CCCCC. The molecular formula is C65H114O6. The molecule has 410 valence electrons. The number of hydrogen-bond donors (Lipinski definition) is 0. The number of allylic oxidation sites excluding steroid dienone is 12. The zero-order valence-electron chi connectivity index (χ0n) is 47.0. The summed E-state index contributed by atoms with van der Waals surface area (Å²) < 4.78 is 16.9. The second kappa shape index (κ2) is 59.4. The minimum Gasteiger partial charge on any atom is -0.462 e. The van der Waals surface area contributed by atoms with Crippen LogP contribution in [0.3, 0.4) is 0 Å². The summed E-state index contributed by atoms with van der Waals surface area (Å²) in [5, 5.41) is 0. The molecule has 0 N–H and O–H groups in total. The Bertz CT molecular complexity index is 1320. The van der Waals surface area contributed by atoms with Gasteiger partial charge in [-0.3, -0.25) is 14.4 Å². The second-order valence-corrected chi connectivity index (χ2v) is 20.2. The molecule has 0 saturated heterocycles. The Balaban J connectivity index is 4.40. The fourth-order valence-corrected chi connectivity index (χ4v) is 8.53. The maximum Gasteiger partial charge on any atom is 0.306 e. The zero-order chi connectivity index (χ0) is 51.4. The standard InChI is InChI=1S/C65H114O6/c1-4-7-10-13-16-19-22-25-28-31-32-35-37-40-43-46-49-52-55-58-64(67)70-61-62(71-65(68)59-56-53-50-47-44-41-38-34-30-27-24-21-18-15-12-9-6-3)60-69-63(66)57-54-51-48-45-42-39-36-33-29-26-23-20-17-14-11-8-5-2/h16-21,25-30,62H,4-15,22-24,31-61H2,1-3H3/b19-16+,20-17+,21-18+,28-25+,29-26+,30-27+/t62-/m1/s1. The van der Waals surface area contributed by atoms with Gasteiger partial charge in [-0.1, -0.05) is 241 Å². The van der Waals surface area contributed by atoms with Gasteiger partial charge in [-0.05, 0) is 116 Å². The highest BCUT2D eigenvalue weighted by molar-refractivity contribution is 5.71. The number of rotatable bonds is 55. The molecule has 0 bridgehead atoms. The van der Waals surface area contributed by atoms with Crippen LogP contribution in [0.2, 0.25) is 0 Å². The van der Waals surface area contributed by atoms with E-state index in [1.807, 2.05) is 0 Å². The Morgan fingerprint density at radius 1 is 0.282 bits per heavy atom. The van der Waals surface area contributed by atoms with E-state index in [1.165, 1.54) is 173 Å². The van der Waals surface area contributed by atoms with Crippen molar-refractivity contribution in [3.63, 3.8) is 0 Å². The monoisotopic (exact) mass is 991 g/mol. The molecule has 0 aliphatic rings. The van der Waals surface area contributed by atoms with Gasteiger partial charge < -0.3 is 14.2 Å². The highest BCUT2D eigenvalue weighted by atomic mass is 16.6. The summed E-state index contributed by atoms with van der Waals surface area (Å²) in [5.41, 5.74) is 0. The summed E-state index contributed by atoms with van der Waals surface area (Å²) in [7, 11) is 0. The number of carbonyl (C=O) groups is 3. The van der Waals surface area contributed by atoms with E-state index < -0.39 is 6.10 Å². The van der Waals surface area contributed by atoms with Crippen molar-refractivity contribution in [2.45, 2.75) is 309 Å². The molecule has 0 aromatic heterocycles. The molecule has 0 fully saturated rings. The van der Waals surface area contributed by atoms with Crippen molar-refractivity contribution in [2.24, 2.45) is 0 Å². The van der Waals surface area contributed by atoms with E-state index in [9.17, 15) is 14.4 Å². The van der Waals surface area contributed by atoms with E-state index in [0.717, 1.165) is 89.9 Å². The van der Waals surface area contributed by atoms with E-state index >= 15 is 0 Å².